The van der Waals surface area contributed by atoms with Crippen LogP contribution in [-0.2, 0) is 38.9 Å². The van der Waals surface area contributed by atoms with Gasteiger partial charge in [0.2, 0.25) is 0 Å². The Morgan fingerprint density at radius 2 is 1.30 bits per heavy atom. The van der Waals surface area contributed by atoms with Crippen molar-refractivity contribution in [2.45, 2.75) is 52.4 Å². The van der Waals surface area contributed by atoms with Crippen molar-refractivity contribution in [3.8, 4) is 56.3 Å². The Labute approximate surface area is 349 Å². The summed E-state index contributed by atoms with van der Waals surface area (Å²) >= 11 is 0. The van der Waals surface area contributed by atoms with Gasteiger partial charge in [-0.05, 0) is 63.9 Å². The molecule has 3 aromatic heterocycles. The zero-order chi connectivity index (χ0) is 38.9. The van der Waals surface area contributed by atoms with Gasteiger partial charge < -0.3 is 14.2 Å². The van der Waals surface area contributed by atoms with Crippen LogP contribution < -0.4 is 0 Å². The third-order valence-corrected chi connectivity index (χ3v) is 11.1. The zero-order valence-corrected chi connectivity index (χ0v) is 35.6. The molecule has 0 aliphatic heterocycles. The predicted octanol–water partition coefficient (Wildman–Crippen LogP) is 12.8. The molecule has 5 nitrogen and oxygen atoms in total. The number of aromatic hydroxyl groups is 1. The standard InChI is InChI=1S/C51H45N4O.Pt/c1-50(2,3)35-30-41(51(4,5)6)46(45(56)31-35)49-53-47-37(21-15-25-44(47)54(49)7)32-16-13-17-34(28-32)42-29-33(26-27-52-42)38-22-14-23-40-39-20-11-12-24-43(39)55(48(38)40)36-18-9-8-10-19-36;/h8-27,29-31,56H,1-7H3;/q-1;. The fourth-order valence-electron chi connectivity index (χ4n) is 8.16. The van der Waals surface area contributed by atoms with E-state index in [0.717, 1.165) is 72.7 Å². The van der Waals surface area contributed by atoms with E-state index in [-0.39, 0.29) is 37.6 Å². The number of hydrogen-bond acceptors (Lipinski definition) is 3. The largest absolute Gasteiger partial charge is 0.507 e. The molecule has 286 valence electrons. The molecule has 0 fully saturated rings. The van der Waals surface area contributed by atoms with Crippen molar-refractivity contribution in [2.24, 2.45) is 7.05 Å². The van der Waals surface area contributed by atoms with Crippen LogP contribution in [0.5, 0.6) is 5.75 Å². The van der Waals surface area contributed by atoms with Gasteiger partial charge in [0.05, 0.1) is 27.6 Å². The van der Waals surface area contributed by atoms with Crippen molar-refractivity contribution in [3.63, 3.8) is 0 Å². The molecule has 9 aromatic rings. The van der Waals surface area contributed by atoms with Crippen LogP contribution in [0.2, 0.25) is 0 Å². The molecule has 0 unspecified atom stereocenters. The Bertz CT molecular complexity index is 2960. The zero-order valence-electron chi connectivity index (χ0n) is 33.3. The minimum Gasteiger partial charge on any atom is -0.507 e. The van der Waals surface area contributed by atoms with Crippen LogP contribution in [-0.4, -0.2) is 24.2 Å². The first-order chi connectivity index (χ1) is 26.9. The van der Waals surface area contributed by atoms with Gasteiger partial charge in [0.15, 0.2) is 0 Å². The molecule has 6 heteroatoms. The number of rotatable bonds is 5. The average Bonchev–Trinajstić information content (AvgIpc) is 3.72. The van der Waals surface area contributed by atoms with Gasteiger partial charge in [-0.25, -0.2) is 4.98 Å². The van der Waals surface area contributed by atoms with Crippen molar-refractivity contribution in [3.05, 3.63) is 157 Å². The van der Waals surface area contributed by atoms with Crippen LogP contribution in [0.15, 0.2) is 140 Å². The monoisotopic (exact) mass is 924 g/mol. The predicted molar refractivity (Wildman–Crippen MR) is 232 cm³/mol. The normalized spacial score (nSPS) is 12.1. The van der Waals surface area contributed by atoms with Gasteiger partial charge in [0, 0.05) is 62.0 Å². The molecule has 0 saturated heterocycles. The molecule has 0 atom stereocenters. The van der Waals surface area contributed by atoms with E-state index in [1.807, 2.05) is 19.3 Å². The maximum atomic E-state index is 11.7. The van der Waals surface area contributed by atoms with E-state index in [1.54, 1.807) is 0 Å². The molecule has 0 saturated carbocycles. The molecule has 3 heterocycles. The van der Waals surface area contributed by atoms with Crippen LogP contribution in [0, 0.1) is 6.07 Å². The molecular formula is C51H45N4OPt-. The molecular weight excluding hydrogens is 880 g/mol. The number of hydrogen-bond donors (Lipinski definition) is 1. The number of aromatic nitrogens is 4. The Hall–Kier alpha value is -5.77. The summed E-state index contributed by atoms with van der Waals surface area (Å²) < 4.78 is 4.47. The van der Waals surface area contributed by atoms with Crippen LogP contribution in [0.4, 0.5) is 0 Å². The van der Waals surface area contributed by atoms with E-state index in [2.05, 4.69) is 184 Å². The van der Waals surface area contributed by atoms with E-state index >= 15 is 0 Å². The Morgan fingerprint density at radius 3 is 2.07 bits per heavy atom. The maximum absolute atomic E-state index is 11.7. The minimum atomic E-state index is -0.220. The van der Waals surface area contributed by atoms with Gasteiger partial charge in [-0.2, -0.15) is 0 Å². The summed E-state index contributed by atoms with van der Waals surface area (Å²) in [6, 6.07) is 50.4. The molecule has 1 N–H and O–H groups in total. The van der Waals surface area contributed by atoms with Gasteiger partial charge in [-0.3, -0.25) is 4.98 Å². The first-order valence-corrected chi connectivity index (χ1v) is 19.3. The second-order valence-corrected chi connectivity index (χ2v) is 16.9. The third kappa shape index (κ3) is 6.58. The van der Waals surface area contributed by atoms with Crippen molar-refractivity contribution in [2.75, 3.05) is 0 Å². The number of fused-ring (bicyclic) bond motifs is 4. The molecule has 0 spiro atoms. The maximum Gasteiger partial charge on any atom is 0.144 e. The number of phenols is 1. The number of phenolic OH excluding ortho intramolecular Hbond substituents is 1. The SMILES string of the molecule is Cn1c(-c2c(O)cc(C(C)(C)C)cc2C(C)(C)C)nc2c(-c3[c-]c(-c4cc(-c5cccc6c7ccccc7n(-c7ccccc7)c56)ccn4)ccc3)cccc21.[Pt]. The van der Waals surface area contributed by atoms with Crippen LogP contribution >= 0.6 is 0 Å². The molecule has 0 aliphatic carbocycles. The quantitative estimate of drug-likeness (QED) is 0.175. The Kier molecular flexibility index (Phi) is 9.57. The summed E-state index contributed by atoms with van der Waals surface area (Å²) in [6.45, 7) is 13.1. The third-order valence-electron chi connectivity index (χ3n) is 11.1. The number of nitrogens with zero attached hydrogens (tertiary/aromatic N) is 4. The first kappa shape index (κ1) is 38.1. The minimum absolute atomic E-state index is 0. The summed E-state index contributed by atoms with van der Waals surface area (Å²) in [5.74, 6) is 0.990. The van der Waals surface area contributed by atoms with E-state index in [1.165, 1.54) is 21.8 Å². The van der Waals surface area contributed by atoms with E-state index in [9.17, 15) is 5.11 Å². The van der Waals surface area contributed by atoms with Crippen LogP contribution in [0.3, 0.4) is 0 Å². The van der Waals surface area contributed by atoms with Crippen molar-refractivity contribution < 1.29 is 26.2 Å². The van der Waals surface area contributed by atoms with Gasteiger partial charge in [-0.15, -0.1) is 29.8 Å². The molecule has 57 heavy (non-hydrogen) atoms. The van der Waals surface area contributed by atoms with Crippen molar-refractivity contribution in [1.82, 2.24) is 19.1 Å². The summed E-state index contributed by atoms with van der Waals surface area (Å²) in [7, 11) is 2.03. The van der Waals surface area contributed by atoms with Crippen molar-refractivity contribution in [1.29, 1.82) is 0 Å². The van der Waals surface area contributed by atoms with Crippen LogP contribution in [0.1, 0.15) is 52.7 Å². The van der Waals surface area contributed by atoms with Gasteiger partial charge >= 0.3 is 0 Å². The number of imidazole rings is 1. The Morgan fingerprint density at radius 1 is 0.632 bits per heavy atom. The molecule has 0 radical (unpaired) electrons. The van der Waals surface area contributed by atoms with E-state index in [4.69, 9.17) is 9.97 Å². The fourth-order valence-corrected chi connectivity index (χ4v) is 8.16. The molecule has 0 amide bonds. The molecule has 0 aliphatic rings. The van der Waals surface area contributed by atoms with Gasteiger partial charge in [0.1, 0.15) is 11.6 Å². The number of aryl methyl sites for hydroxylation is 1. The molecule has 6 aromatic carbocycles. The number of pyridine rings is 1. The first-order valence-electron chi connectivity index (χ1n) is 19.3. The van der Waals surface area contributed by atoms with Gasteiger partial charge in [0.25, 0.3) is 0 Å². The topological polar surface area (TPSA) is 55.9 Å². The average molecular weight is 925 g/mol. The molecule has 0 bridgehead atoms. The van der Waals surface area contributed by atoms with Crippen molar-refractivity contribution >= 4 is 32.8 Å². The van der Waals surface area contributed by atoms with E-state index in [0.29, 0.717) is 0 Å². The van der Waals surface area contributed by atoms with Gasteiger partial charge in [-0.1, -0.05) is 132 Å². The van der Waals surface area contributed by atoms with Crippen LogP contribution in [0.25, 0.3) is 83.4 Å². The second kappa shape index (κ2) is 14.3. The number of benzene rings is 6. The second-order valence-electron chi connectivity index (χ2n) is 16.9. The summed E-state index contributed by atoms with van der Waals surface area (Å²) in [5.41, 5.74) is 13.8. The number of para-hydroxylation sites is 4. The smallest absolute Gasteiger partial charge is 0.144 e. The summed E-state index contributed by atoms with van der Waals surface area (Å²) in [5, 5.41) is 14.1. The Balaban J connectivity index is 0.00000455. The fraction of sp³-hybridized carbons (Fsp3) is 0.176. The summed E-state index contributed by atoms with van der Waals surface area (Å²) in [4.78, 5) is 10.2. The molecule has 9 rings (SSSR count). The summed E-state index contributed by atoms with van der Waals surface area (Å²) in [6.07, 6.45) is 1.90. The van der Waals surface area contributed by atoms with E-state index < -0.39 is 0 Å².